The predicted molar refractivity (Wildman–Crippen MR) is 156 cm³/mol. The van der Waals surface area contributed by atoms with E-state index >= 15 is 0 Å². The van der Waals surface area contributed by atoms with E-state index in [1.54, 1.807) is 11.8 Å². The second-order valence-corrected chi connectivity index (χ2v) is 15.8. The molecule has 4 fully saturated rings. The molecule has 8 N–H and O–H groups in total. The summed E-state index contributed by atoms with van der Waals surface area (Å²) in [5.74, 6) is -1.05. The van der Waals surface area contributed by atoms with E-state index in [4.69, 9.17) is 34.3 Å². The van der Waals surface area contributed by atoms with Gasteiger partial charge in [0, 0.05) is 17.8 Å². The summed E-state index contributed by atoms with van der Waals surface area (Å²) in [4.78, 5) is 52.9. The Morgan fingerprint density at radius 2 is 1.93 bits per heavy atom. The Kier molecular flexibility index (Phi) is 6.77. The summed E-state index contributed by atoms with van der Waals surface area (Å²) in [6, 6.07) is -1.68. The van der Waals surface area contributed by atoms with Gasteiger partial charge in [0.05, 0.1) is 36.6 Å². The molecule has 4 aliphatic heterocycles. The molecule has 2 aromatic rings. The third-order valence-electron chi connectivity index (χ3n) is 9.78. The number of nitrogens with two attached hydrogens (primary N) is 2. The quantitative estimate of drug-likeness (QED) is 0.208. The van der Waals surface area contributed by atoms with Crippen molar-refractivity contribution in [3.05, 3.63) is 11.2 Å². The number of carbonyl (C=O) groups excluding carboxylic acids is 1. The fourth-order valence-corrected chi connectivity index (χ4v) is 10.7. The van der Waals surface area contributed by atoms with Gasteiger partial charge in [-0.2, -0.15) is 4.37 Å². The van der Waals surface area contributed by atoms with E-state index in [0.29, 0.717) is 15.9 Å². The normalized spacial score (nSPS) is 46.8. The highest BCUT2D eigenvalue weighted by molar-refractivity contribution is 7.47. The van der Waals surface area contributed by atoms with Crippen LogP contribution in [0.5, 0.6) is 0 Å². The van der Waals surface area contributed by atoms with Crippen molar-refractivity contribution >= 4 is 62.2 Å². The Hall–Kier alpha value is -2.68. The van der Waals surface area contributed by atoms with Crippen LogP contribution >= 0.6 is 27.2 Å². The third-order valence-corrected chi connectivity index (χ3v) is 12.7. The van der Waals surface area contributed by atoms with Gasteiger partial charge >= 0.3 is 15.6 Å². The Bertz CT molecular complexity index is 1800. The number of hydrogen-bond acceptors (Lipinski definition) is 18. The lowest BCUT2D eigenvalue weighted by Crippen LogP contribution is -2.58. The van der Waals surface area contributed by atoms with Crippen molar-refractivity contribution in [2.24, 2.45) is 27.1 Å². The van der Waals surface area contributed by atoms with E-state index in [9.17, 15) is 28.8 Å². The second kappa shape index (κ2) is 10.2. The molecule has 46 heavy (non-hydrogen) atoms. The number of phosphoric acid groups is 2. The number of aromatic nitrogens is 3. The highest BCUT2D eigenvalue weighted by Crippen LogP contribution is 2.77. The number of nitrogen functional groups attached to an aromatic ring is 1. The van der Waals surface area contributed by atoms with Gasteiger partial charge in [0.2, 0.25) is 0 Å². The smallest absolute Gasteiger partial charge is 0.388 e. The maximum absolute atomic E-state index is 13.5. The van der Waals surface area contributed by atoms with Crippen LogP contribution in [0, 0.1) is 11.3 Å². The number of carbonyl (C=O) groups is 1. The first-order valence-corrected chi connectivity index (χ1v) is 18.0. The topological polar surface area (TPSA) is 289 Å². The monoisotopic (exact) mass is 701 g/mol. The Morgan fingerprint density at radius 3 is 2.74 bits per heavy atom. The van der Waals surface area contributed by atoms with Crippen molar-refractivity contribution in [1.29, 1.82) is 0 Å². The number of amides is 1. The number of fused-ring (bicyclic) bond motifs is 4. The molecule has 6 aliphatic rings. The molecule has 2 saturated heterocycles. The van der Waals surface area contributed by atoms with Gasteiger partial charge in [-0.25, -0.2) is 24.1 Å². The number of aliphatic imine (C=N–C) groups is 2. The molecule has 0 radical (unpaired) electrons. The first-order valence-electron chi connectivity index (χ1n) is 14.2. The standard InChI is InChI=1S/C23H29N9O11P2S/c1-22-5-40-44(35,36)42-9-3-10(16-13-14(31-46-16)18(24)27-6-26-13)41-11(9)4-39-45(37,38)43-23(22)12(22)2-8(17(23)33)32-7-28-15-19(32)29-21(25)30-20(15)34/h6-12,15,17,19,33H,2-5H2,1H3,(H,35,36)(H,37,38)(H2,24,26,27)(H3,25,29,30,34)/t8-,9+,10-,11-,12-,15?,17+,19?,22+,23-/m1/s1. The van der Waals surface area contributed by atoms with Crippen LogP contribution in [0.3, 0.4) is 0 Å². The SMILES string of the molecule is C[C@@]12COP(=O)(O)O[C@H]3C[C@H](c4snc5c(N)ncnc45)O[C@@H]3COP(=O)(O)O[C@]13[C@@H](O)[C@H](N1C=NC4C(=O)NC(N)=NC41)C[C@@H]32. The summed E-state index contributed by atoms with van der Waals surface area (Å²) in [6.07, 6.45) is -2.44. The molecule has 8 rings (SSSR count). The van der Waals surface area contributed by atoms with E-state index in [-0.39, 0.29) is 24.6 Å². The number of aliphatic hydroxyl groups excluding tert-OH is 1. The van der Waals surface area contributed by atoms with Crippen LogP contribution in [0.1, 0.15) is 30.7 Å². The molecular weight excluding hydrogens is 672 g/mol. The molecular formula is C23H29N9O11P2S. The number of anilines is 1. The van der Waals surface area contributed by atoms with Gasteiger partial charge < -0.3 is 36.0 Å². The number of guanidine groups is 1. The van der Waals surface area contributed by atoms with Crippen molar-refractivity contribution < 1.29 is 51.6 Å². The van der Waals surface area contributed by atoms with Gasteiger partial charge in [0.25, 0.3) is 5.91 Å². The first-order chi connectivity index (χ1) is 21.7. The average Bonchev–Trinajstić information content (AvgIpc) is 3.59. The number of phosphoric ester groups is 2. The van der Waals surface area contributed by atoms with Gasteiger partial charge in [-0.15, -0.1) is 0 Å². The third kappa shape index (κ3) is 4.49. The van der Waals surface area contributed by atoms with Crippen LogP contribution in [0.15, 0.2) is 16.3 Å². The molecule has 6 heterocycles. The molecule has 12 atom stereocenters. The molecule has 2 saturated carbocycles. The van der Waals surface area contributed by atoms with Crippen LogP contribution in [0.2, 0.25) is 0 Å². The number of rotatable bonds is 2. The van der Waals surface area contributed by atoms with Gasteiger partial charge in [-0.05, 0) is 18.0 Å². The summed E-state index contributed by atoms with van der Waals surface area (Å²) in [5, 5.41) is 14.1. The second-order valence-electron chi connectivity index (χ2n) is 12.2. The molecule has 0 bridgehead atoms. The molecule has 20 nitrogen and oxygen atoms in total. The molecule has 1 spiro atoms. The number of ether oxygens (including phenoxy) is 1. The molecule has 4 unspecified atom stereocenters. The van der Waals surface area contributed by atoms with Crippen LogP contribution in [0.25, 0.3) is 11.0 Å². The van der Waals surface area contributed by atoms with E-state index in [0.717, 1.165) is 11.5 Å². The minimum Gasteiger partial charge on any atom is -0.388 e. The molecule has 2 aliphatic carbocycles. The van der Waals surface area contributed by atoms with Gasteiger partial charge in [-0.3, -0.25) is 33.2 Å². The molecule has 2 aromatic heterocycles. The molecule has 23 heteroatoms. The lowest BCUT2D eigenvalue weighted by Gasteiger charge is -2.38. The summed E-state index contributed by atoms with van der Waals surface area (Å²) in [6.45, 7) is 0.555. The van der Waals surface area contributed by atoms with Gasteiger partial charge in [0.1, 0.15) is 41.3 Å². The average molecular weight is 702 g/mol. The number of aliphatic hydroxyl groups is 1. The van der Waals surface area contributed by atoms with Crippen LogP contribution in [-0.4, -0.2) is 108 Å². The Morgan fingerprint density at radius 1 is 1.13 bits per heavy atom. The predicted octanol–water partition coefficient (Wildman–Crippen LogP) is -0.861. The van der Waals surface area contributed by atoms with E-state index in [2.05, 4.69) is 29.6 Å². The van der Waals surface area contributed by atoms with E-state index in [1.165, 1.54) is 12.7 Å². The Labute approximate surface area is 263 Å². The van der Waals surface area contributed by atoms with Crippen molar-refractivity contribution in [3.8, 4) is 0 Å². The lowest BCUT2D eigenvalue weighted by molar-refractivity contribution is -0.122. The van der Waals surface area contributed by atoms with Crippen LogP contribution in [0.4, 0.5) is 5.82 Å². The summed E-state index contributed by atoms with van der Waals surface area (Å²) < 4.78 is 59.3. The zero-order chi connectivity index (χ0) is 32.4. The molecule has 1 amide bonds. The van der Waals surface area contributed by atoms with E-state index < -0.39 is 94.4 Å². The molecule has 0 aromatic carbocycles. The maximum atomic E-state index is 13.5. The maximum Gasteiger partial charge on any atom is 0.472 e. The number of hydrogen-bond donors (Lipinski definition) is 6. The lowest BCUT2D eigenvalue weighted by atomic mass is 9.91. The zero-order valence-electron chi connectivity index (χ0n) is 23.9. The minimum atomic E-state index is -4.92. The highest BCUT2D eigenvalue weighted by Gasteiger charge is 2.85. The largest absolute Gasteiger partial charge is 0.472 e. The summed E-state index contributed by atoms with van der Waals surface area (Å²) in [7, 11) is -9.67. The first kappa shape index (κ1) is 30.6. The van der Waals surface area contributed by atoms with Crippen molar-refractivity contribution in [2.75, 3.05) is 18.9 Å². The number of nitrogens with zero attached hydrogens (tertiary/aromatic N) is 6. The van der Waals surface area contributed by atoms with Gasteiger partial charge in [-0.1, -0.05) is 6.92 Å². The van der Waals surface area contributed by atoms with Crippen LogP contribution in [-0.2, 0) is 36.8 Å². The fraction of sp³-hybridized carbons (Fsp3) is 0.652. The summed E-state index contributed by atoms with van der Waals surface area (Å²) >= 11 is 1.05. The number of nitrogens with one attached hydrogen (secondary N) is 1. The van der Waals surface area contributed by atoms with Gasteiger partial charge in [0.15, 0.2) is 24.0 Å². The fourth-order valence-electron chi connectivity index (χ4n) is 7.54. The van der Waals surface area contributed by atoms with E-state index in [1.807, 2.05) is 0 Å². The minimum absolute atomic E-state index is 0.0362. The van der Waals surface area contributed by atoms with Crippen molar-refractivity contribution in [2.45, 2.75) is 68.0 Å². The summed E-state index contributed by atoms with van der Waals surface area (Å²) in [5.41, 5.74) is 9.49. The van der Waals surface area contributed by atoms with Crippen molar-refractivity contribution in [1.82, 2.24) is 24.6 Å². The molecule has 248 valence electrons. The Balaban J connectivity index is 1.06. The van der Waals surface area contributed by atoms with Crippen molar-refractivity contribution in [3.63, 3.8) is 0 Å². The highest BCUT2D eigenvalue weighted by atomic mass is 32.1. The zero-order valence-corrected chi connectivity index (χ0v) is 26.5. The van der Waals surface area contributed by atoms with Crippen LogP contribution < -0.4 is 16.8 Å².